The number of rotatable bonds is 7. The number of primary amides is 1. The van der Waals surface area contributed by atoms with Crippen LogP contribution in [-0.2, 0) is 16.0 Å². The molecule has 0 saturated heterocycles. The number of carbonyl (C=O) groups is 3. The molecule has 2 heterocycles. The lowest BCUT2D eigenvalue weighted by molar-refractivity contribution is -0.137. The molecule has 0 aliphatic carbocycles. The third kappa shape index (κ3) is 4.24. The lowest BCUT2D eigenvalue weighted by Crippen LogP contribution is -2.47. The zero-order valence-electron chi connectivity index (χ0n) is 14.3. The number of nitrogens with two attached hydrogens (primary N) is 1. The normalized spacial score (nSPS) is 11.6. The number of ketones is 1. The van der Waals surface area contributed by atoms with Crippen LogP contribution in [0.3, 0.4) is 0 Å². The number of Topliss-reactive ketones (excluding diaryl/α,β-unsaturated/α-hetero) is 1. The minimum atomic E-state index is -1.10. The molecular weight excluding hydrogens is 346 g/mol. The SMILES string of the molecule is NC(=O)C(=O)C(Cc1ccccc1)NC(=O)c1cncn1-c1ccncc1. The van der Waals surface area contributed by atoms with Crippen molar-refractivity contribution in [2.75, 3.05) is 0 Å². The number of hydrogen-bond acceptors (Lipinski definition) is 5. The van der Waals surface area contributed by atoms with E-state index in [9.17, 15) is 14.4 Å². The van der Waals surface area contributed by atoms with Gasteiger partial charge >= 0.3 is 0 Å². The van der Waals surface area contributed by atoms with Crippen molar-refractivity contribution in [3.8, 4) is 5.69 Å². The fourth-order valence-corrected chi connectivity index (χ4v) is 2.64. The average molecular weight is 363 g/mol. The van der Waals surface area contributed by atoms with Crippen molar-refractivity contribution in [3.05, 3.63) is 78.6 Å². The van der Waals surface area contributed by atoms with Gasteiger partial charge in [0.25, 0.3) is 11.8 Å². The second-order valence-corrected chi connectivity index (χ2v) is 5.80. The molecule has 0 spiro atoms. The van der Waals surface area contributed by atoms with Gasteiger partial charge in [-0.05, 0) is 17.7 Å². The van der Waals surface area contributed by atoms with Crippen molar-refractivity contribution in [2.24, 2.45) is 5.73 Å². The molecule has 8 heteroatoms. The number of pyridine rings is 1. The molecule has 2 aromatic heterocycles. The molecule has 1 aromatic carbocycles. The number of benzene rings is 1. The number of imidazole rings is 1. The van der Waals surface area contributed by atoms with Crippen LogP contribution in [0.15, 0.2) is 67.4 Å². The lowest BCUT2D eigenvalue weighted by Gasteiger charge is -2.17. The first-order valence-electron chi connectivity index (χ1n) is 8.17. The Kier molecular flexibility index (Phi) is 5.36. The summed E-state index contributed by atoms with van der Waals surface area (Å²) in [5.41, 5.74) is 6.84. The van der Waals surface area contributed by atoms with Gasteiger partial charge in [0, 0.05) is 18.8 Å². The molecule has 3 rings (SSSR count). The van der Waals surface area contributed by atoms with Crippen LogP contribution in [0.5, 0.6) is 0 Å². The van der Waals surface area contributed by atoms with Crippen LogP contribution in [0.1, 0.15) is 16.1 Å². The Morgan fingerprint density at radius 1 is 1.04 bits per heavy atom. The highest BCUT2D eigenvalue weighted by atomic mass is 16.2. The predicted octanol–water partition coefficient (Wildman–Crippen LogP) is 0.663. The first-order valence-corrected chi connectivity index (χ1v) is 8.17. The van der Waals surface area contributed by atoms with Crippen LogP contribution in [0.2, 0.25) is 0 Å². The van der Waals surface area contributed by atoms with E-state index in [2.05, 4.69) is 15.3 Å². The molecular formula is C19H17N5O3. The largest absolute Gasteiger partial charge is 0.363 e. The molecule has 0 radical (unpaired) electrons. The van der Waals surface area contributed by atoms with Crippen molar-refractivity contribution in [1.82, 2.24) is 19.9 Å². The van der Waals surface area contributed by atoms with E-state index in [0.29, 0.717) is 5.69 Å². The average Bonchev–Trinajstić information content (AvgIpc) is 3.18. The number of hydrogen-bond donors (Lipinski definition) is 2. The van der Waals surface area contributed by atoms with Crippen LogP contribution in [0.4, 0.5) is 0 Å². The van der Waals surface area contributed by atoms with Gasteiger partial charge in [-0.1, -0.05) is 30.3 Å². The smallest absolute Gasteiger partial charge is 0.287 e. The molecule has 0 saturated carbocycles. The fourth-order valence-electron chi connectivity index (χ4n) is 2.64. The molecule has 3 N–H and O–H groups in total. The molecule has 0 aliphatic heterocycles. The summed E-state index contributed by atoms with van der Waals surface area (Å²) in [5.74, 6) is -2.50. The van der Waals surface area contributed by atoms with E-state index in [1.807, 2.05) is 18.2 Å². The summed E-state index contributed by atoms with van der Waals surface area (Å²) in [6, 6.07) is 11.4. The van der Waals surface area contributed by atoms with Crippen molar-refractivity contribution in [1.29, 1.82) is 0 Å². The fraction of sp³-hybridized carbons (Fsp3) is 0.105. The Morgan fingerprint density at radius 3 is 2.41 bits per heavy atom. The molecule has 2 amide bonds. The summed E-state index contributed by atoms with van der Waals surface area (Å²) in [6.45, 7) is 0. The van der Waals surface area contributed by atoms with Gasteiger partial charge in [0.1, 0.15) is 11.7 Å². The van der Waals surface area contributed by atoms with E-state index < -0.39 is 23.6 Å². The summed E-state index contributed by atoms with van der Waals surface area (Å²) >= 11 is 0. The standard InChI is InChI=1S/C19H17N5O3/c20-18(26)17(25)15(10-13-4-2-1-3-5-13)23-19(27)16-11-22-12-24(16)14-6-8-21-9-7-14/h1-9,11-12,15H,10H2,(H2,20,26)(H,23,27). The maximum absolute atomic E-state index is 12.7. The molecule has 3 aromatic rings. The van der Waals surface area contributed by atoms with E-state index in [-0.39, 0.29) is 12.1 Å². The number of nitrogens with one attached hydrogen (secondary N) is 1. The maximum atomic E-state index is 12.7. The van der Waals surface area contributed by atoms with Gasteiger partial charge < -0.3 is 11.1 Å². The van der Waals surface area contributed by atoms with Gasteiger partial charge in [-0.2, -0.15) is 0 Å². The molecule has 27 heavy (non-hydrogen) atoms. The second kappa shape index (κ2) is 8.05. The van der Waals surface area contributed by atoms with Crippen LogP contribution in [0, 0.1) is 0 Å². The van der Waals surface area contributed by atoms with E-state index in [1.165, 1.54) is 12.5 Å². The highest BCUT2D eigenvalue weighted by molar-refractivity contribution is 6.38. The molecule has 8 nitrogen and oxygen atoms in total. The number of aromatic nitrogens is 3. The maximum Gasteiger partial charge on any atom is 0.287 e. The lowest BCUT2D eigenvalue weighted by atomic mass is 10.0. The predicted molar refractivity (Wildman–Crippen MR) is 97.0 cm³/mol. The molecule has 0 bridgehead atoms. The minimum Gasteiger partial charge on any atom is -0.363 e. The van der Waals surface area contributed by atoms with Crippen LogP contribution in [0.25, 0.3) is 5.69 Å². The Labute approximate surface area is 155 Å². The van der Waals surface area contributed by atoms with E-state index in [1.54, 1.807) is 41.2 Å². The van der Waals surface area contributed by atoms with Gasteiger partial charge in [0.2, 0.25) is 5.78 Å². The van der Waals surface area contributed by atoms with Crippen LogP contribution >= 0.6 is 0 Å². The number of carbonyl (C=O) groups excluding carboxylic acids is 3. The summed E-state index contributed by atoms with van der Waals surface area (Å²) in [7, 11) is 0. The Hall–Kier alpha value is -3.81. The molecule has 0 aliphatic rings. The molecule has 1 atom stereocenters. The summed E-state index contributed by atoms with van der Waals surface area (Å²) in [4.78, 5) is 44.2. The van der Waals surface area contributed by atoms with Gasteiger partial charge in [-0.3, -0.25) is 23.9 Å². The first-order chi connectivity index (χ1) is 13.1. The minimum absolute atomic E-state index is 0.151. The highest BCUT2D eigenvalue weighted by Gasteiger charge is 2.27. The zero-order valence-corrected chi connectivity index (χ0v) is 14.3. The van der Waals surface area contributed by atoms with Crippen molar-refractivity contribution in [3.63, 3.8) is 0 Å². The van der Waals surface area contributed by atoms with E-state index in [0.717, 1.165) is 5.56 Å². The Balaban J connectivity index is 1.84. The summed E-state index contributed by atoms with van der Waals surface area (Å²) < 4.78 is 1.56. The topological polar surface area (TPSA) is 120 Å². The van der Waals surface area contributed by atoms with E-state index in [4.69, 9.17) is 5.73 Å². The quantitative estimate of drug-likeness (QED) is 0.598. The van der Waals surface area contributed by atoms with Crippen molar-refractivity contribution >= 4 is 17.6 Å². The monoisotopic (exact) mass is 363 g/mol. The Morgan fingerprint density at radius 2 is 1.74 bits per heavy atom. The van der Waals surface area contributed by atoms with Crippen LogP contribution < -0.4 is 11.1 Å². The first kappa shape index (κ1) is 18.0. The molecule has 0 fully saturated rings. The van der Waals surface area contributed by atoms with Gasteiger partial charge in [0.15, 0.2) is 0 Å². The van der Waals surface area contributed by atoms with Gasteiger partial charge in [0.05, 0.1) is 18.2 Å². The third-order valence-electron chi connectivity index (χ3n) is 3.96. The molecule has 1 unspecified atom stereocenters. The zero-order chi connectivity index (χ0) is 19.2. The highest BCUT2D eigenvalue weighted by Crippen LogP contribution is 2.11. The van der Waals surface area contributed by atoms with Crippen molar-refractivity contribution in [2.45, 2.75) is 12.5 Å². The van der Waals surface area contributed by atoms with Crippen LogP contribution in [-0.4, -0.2) is 38.2 Å². The number of nitrogens with zero attached hydrogens (tertiary/aromatic N) is 3. The summed E-state index contributed by atoms with van der Waals surface area (Å²) in [6.07, 6.45) is 6.19. The van der Waals surface area contributed by atoms with Gasteiger partial charge in [-0.25, -0.2) is 4.98 Å². The summed E-state index contributed by atoms with van der Waals surface area (Å²) in [5, 5.41) is 2.59. The van der Waals surface area contributed by atoms with E-state index >= 15 is 0 Å². The number of amides is 2. The van der Waals surface area contributed by atoms with Crippen molar-refractivity contribution < 1.29 is 14.4 Å². The van der Waals surface area contributed by atoms with Gasteiger partial charge in [-0.15, -0.1) is 0 Å². The third-order valence-corrected chi connectivity index (χ3v) is 3.96. The molecule has 136 valence electrons. The Bertz CT molecular complexity index is 954. The second-order valence-electron chi connectivity index (χ2n) is 5.80.